The number of ether oxygens (including phenoxy) is 3. The molecule has 0 fully saturated rings. The van der Waals surface area contributed by atoms with Crippen molar-refractivity contribution in [1.82, 2.24) is 4.98 Å². The van der Waals surface area contributed by atoms with E-state index in [0.29, 0.717) is 34.1 Å². The van der Waals surface area contributed by atoms with Crippen LogP contribution in [0.4, 0.5) is 16.2 Å². The van der Waals surface area contributed by atoms with E-state index in [9.17, 15) is 4.79 Å². The number of rotatable bonds is 5. The Morgan fingerprint density at radius 1 is 0.923 bits per heavy atom. The van der Waals surface area contributed by atoms with Crippen molar-refractivity contribution >= 4 is 28.3 Å². The molecular formula is C19H19N3O4. The van der Waals surface area contributed by atoms with Gasteiger partial charge in [0, 0.05) is 17.6 Å². The van der Waals surface area contributed by atoms with E-state index in [0.717, 1.165) is 5.39 Å². The van der Waals surface area contributed by atoms with Crippen LogP contribution in [0.1, 0.15) is 0 Å². The van der Waals surface area contributed by atoms with Crippen molar-refractivity contribution in [3.8, 4) is 17.2 Å². The lowest BCUT2D eigenvalue weighted by Crippen LogP contribution is -2.20. The zero-order chi connectivity index (χ0) is 18.5. The fraction of sp³-hybridized carbons (Fsp3) is 0.158. The fourth-order valence-corrected chi connectivity index (χ4v) is 2.64. The van der Waals surface area contributed by atoms with Gasteiger partial charge in [-0.1, -0.05) is 12.1 Å². The van der Waals surface area contributed by atoms with Gasteiger partial charge in [0.15, 0.2) is 11.5 Å². The molecule has 0 radical (unpaired) electrons. The van der Waals surface area contributed by atoms with Crippen LogP contribution in [0.15, 0.2) is 48.7 Å². The smallest absolute Gasteiger partial charge is 0.323 e. The molecule has 2 amide bonds. The topological polar surface area (TPSA) is 81.7 Å². The number of hydrogen-bond donors (Lipinski definition) is 2. The minimum Gasteiger partial charge on any atom is -0.497 e. The Labute approximate surface area is 150 Å². The minimum absolute atomic E-state index is 0.434. The molecule has 2 N–H and O–H groups in total. The summed E-state index contributed by atoms with van der Waals surface area (Å²) in [5.74, 6) is 1.59. The van der Waals surface area contributed by atoms with Crippen molar-refractivity contribution in [3.05, 3.63) is 48.7 Å². The number of carbonyl (C=O) groups is 1. The molecule has 134 valence electrons. The summed E-state index contributed by atoms with van der Waals surface area (Å²) in [6.45, 7) is 0. The van der Waals surface area contributed by atoms with Gasteiger partial charge in [-0.25, -0.2) is 4.79 Å². The molecule has 26 heavy (non-hydrogen) atoms. The van der Waals surface area contributed by atoms with Gasteiger partial charge in [-0.05, 0) is 24.3 Å². The van der Waals surface area contributed by atoms with E-state index < -0.39 is 6.03 Å². The Kier molecular flexibility index (Phi) is 5.07. The van der Waals surface area contributed by atoms with Crippen molar-refractivity contribution < 1.29 is 19.0 Å². The van der Waals surface area contributed by atoms with Crippen LogP contribution in [0.5, 0.6) is 17.2 Å². The highest BCUT2D eigenvalue weighted by Crippen LogP contribution is 2.35. The second kappa shape index (κ2) is 7.60. The number of benzene rings is 2. The molecule has 0 saturated carbocycles. The van der Waals surface area contributed by atoms with Crippen LogP contribution in [0, 0.1) is 0 Å². The first kappa shape index (κ1) is 17.3. The van der Waals surface area contributed by atoms with Gasteiger partial charge in [-0.15, -0.1) is 0 Å². The SMILES string of the molecule is COc1cc(NC(=O)Nc2cccc(OC)c2OC)c2ncccc2c1. The number of urea groups is 1. The molecule has 0 aliphatic heterocycles. The highest BCUT2D eigenvalue weighted by atomic mass is 16.5. The van der Waals surface area contributed by atoms with Crippen LogP contribution in [0.2, 0.25) is 0 Å². The summed E-state index contributed by atoms with van der Waals surface area (Å²) < 4.78 is 15.9. The Morgan fingerprint density at radius 2 is 1.73 bits per heavy atom. The number of para-hydroxylation sites is 1. The Hall–Kier alpha value is -3.48. The normalized spacial score (nSPS) is 10.3. The first-order valence-corrected chi connectivity index (χ1v) is 7.88. The lowest BCUT2D eigenvalue weighted by molar-refractivity contribution is 0.262. The first-order chi connectivity index (χ1) is 12.7. The average Bonchev–Trinajstić information content (AvgIpc) is 2.67. The number of pyridine rings is 1. The Bertz CT molecular complexity index is 943. The van der Waals surface area contributed by atoms with E-state index in [-0.39, 0.29) is 0 Å². The van der Waals surface area contributed by atoms with Gasteiger partial charge in [0.05, 0.1) is 38.2 Å². The van der Waals surface area contributed by atoms with Crippen LogP contribution in [-0.4, -0.2) is 32.3 Å². The average molecular weight is 353 g/mol. The number of aromatic nitrogens is 1. The molecule has 3 aromatic rings. The molecule has 0 spiro atoms. The number of fused-ring (bicyclic) bond motifs is 1. The molecule has 1 aromatic heterocycles. The third kappa shape index (κ3) is 3.46. The van der Waals surface area contributed by atoms with Crippen molar-refractivity contribution in [3.63, 3.8) is 0 Å². The second-order valence-electron chi connectivity index (χ2n) is 5.37. The Morgan fingerprint density at radius 3 is 2.46 bits per heavy atom. The predicted octanol–water partition coefficient (Wildman–Crippen LogP) is 3.90. The Balaban J connectivity index is 1.89. The van der Waals surface area contributed by atoms with Crippen LogP contribution in [0.25, 0.3) is 10.9 Å². The number of nitrogens with zero attached hydrogens (tertiary/aromatic N) is 1. The standard InChI is InChI=1S/C19H19N3O4/c1-24-13-10-12-6-5-9-20-17(12)15(11-13)22-19(23)21-14-7-4-8-16(25-2)18(14)26-3/h4-11H,1-3H3,(H2,21,22,23). The van der Waals surface area contributed by atoms with Gasteiger partial charge in [0.2, 0.25) is 0 Å². The fourth-order valence-electron chi connectivity index (χ4n) is 2.64. The van der Waals surface area contributed by atoms with Gasteiger partial charge in [-0.2, -0.15) is 0 Å². The molecule has 7 heteroatoms. The number of carbonyl (C=O) groups excluding carboxylic acids is 1. The summed E-state index contributed by atoms with van der Waals surface area (Å²) in [6, 6.07) is 12.1. The van der Waals surface area contributed by atoms with Gasteiger partial charge in [0.1, 0.15) is 5.75 Å². The van der Waals surface area contributed by atoms with Crippen molar-refractivity contribution in [1.29, 1.82) is 0 Å². The van der Waals surface area contributed by atoms with Crippen molar-refractivity contribution in [2.24, 2.45) is 0 Å². The summed E-state index contributed by atoms with van der Waals surface area (Å²) in [5.41, 5.74) is 1.70. The minimum atomic E-state index is -0.434. The highest BCUT2D eigenvalue weighted by Gasteiger charge is 2.14. The van der Waals surface area contributed by atoms with Gasteiger partial charge in [-0.3, -0.25) is 4.98 Å². The zero-order valence-electron chi connectivity index (χ0n) is 14.7. The maximum absolute atomic E-state index is 12.5. The van der Waals surface area contributed by atoms with Gasteiger partial charge < -0.3 is 24.8 Å². The summed E-state index contributed by atoms with van der Waals surface area (Å²) in [6.07, 6.45) is 1.67. The van der Waals surface area contributed by atoms with Gasteiger partial charge >= 0.3 is 6.03 Å². The summed E-state index contributed by atoms with van der Waals surface area (Å²) >= 11 is 0. The molecule has 0 saturated heterocycles. The third-order valence-electron chi connectivity index (χ3n) is 3.81. The molecule has 0 bridgehead atoms. The van der Waals surface area contributed by atoms with E-state index >= 15 is 0 Å². The van der Waals surface area contributed by atoms with E-state index in [1.165, 1.54) is 14.2 Å². The van der Waals surface area contributed by atoms with Gasteiger partial charge in [0.25, 0.3) is 0 Å². The summed E-state index contributed by atoms with van der Waals surface area (Å²) in [4.78, 5) is 16.8. The lowest BCUT2D eigenvalue weighted by Gasteiger charge is -2.15. The number of nitrogens with one attached hydrogen (secondary N) is 2. The van der Waals surface area contributed by atoms with Crippen LogP contribution < -0.4 is 24.8 Å². The molecule has 1 heterocycles. The number of anilines is 2. The molecule has 3 rings (SSSR count). The molecule has 0 unspecified atom stereocenters. The monoisotopic (exact) mass is 353 g/mol. The second-order valence-corrected chi connectivity index (χ2v) is 5.37. The largest absolute Gasteiger partial charge is 0.497 e. The third-order valence-corrected chi connectivity index (χ3v) is 3.81. The maximum Gasteiger partial charge on any atom is 0.323 e. The van der Waals surface area contributed by atoms with E-state index in [1.807, 2.05) is 18.2 Å². The van der Waals surface area contributed by atoms with Crippen LogP contribution in [-0.2, 0) is 0 Å². The quantitative estimate of drug-likeness (QED) is 0.727. The molecule has 0 aliphatic carbocycles. The first-order valence-electron chi connectivity index (χ1n) is 7.88. The van der Waals surface area contributed by atoms with Crippen molar-refractivity contribution in [2.75, 3.05) is 32.0 Å². The number of amides is 2. The van der Waals surface area contributed by atoms with Crippen molar-refractivity contribution in [2.45, 2.75) is 0 Å². The maximum atomic E-state index is 12.5. The van der Waals surface area contributed by atoms with E-state index in [4.69, 9.17) is 14.2 Å². The number of hydrogen-bond acceptors (Lipinski definition) is 5. The van der Waals surface area contributed by atoms with Crippen LogP contribution >= 0.6 is 0 Å². The molecule has 0 atom stereocenters. The van der Waals surface area contributed by atoms with E-state index in [2.05, 4.69) is 15.6 Å². The summed E-state index contributed by atoms with van der Waals surface area (Å²) in [7, 11) is 4.62. The molecule has 0 aliphatic rings. The predicted molar refractivity (Wildman–Crippen MR) is 100 cm³/mol. The van der Waals surface area contributed by atoms with E-state index in [1.54, 1.807) is 37.6 Å². The highest BCUT2D eigenvalue weighted by molar-refractivity contribution is 6.06. The molecule has 2 aromatic carbocycles. The van der Waals surface area contributed by atoms with Crippen LogP contribution in [0.3, 0.4) is 0 Å². The number of methoxy groups -OCH3 is 3. The summed E-state index contributed by atoms with van der Waals surface area (Å²) in [5, 5.41) is 6.43. The zero-order valence-corrected chi connectivity index (χ0v) is 14.7. The molecular weight excluding hydrogens is 334 g/mol. The lowest BCUT2D eigenvalue weighted by atomic mass is 10.2. The molecule has 7 nitrogen and oxygen atoms in total.